The van der Waals surface area contributed by atoms with Gasteiger partial charge < -0.3 is 25.4 Å². The number of carbonyl (C=O) groups excluding carboxylic acids is 3. The number of ether oxygens (including phenoxy) is 1. The van der Waals surface area contributed by atoms with Crippen molar-refractivity contribution in [2.45, 2.75) is 39.3 Å². The summed E-state index contributed by atoms with van der Waals surface area (Å²) < 4.78 is 5.45. The van der Waals surface area contributed by atoms with Crippen molar-refractivity contribution in [2.24, 2.45) is 0 Å². The molecule has 1 saturated carbocycles. The summed E-state index contributed by atoms with van der Waals surface area (Å²) in [6, 6.07) is 18.1. The number of carboxylic acids is 1. The summed E-state index contributed by atoms with van der Waals surface area (Å²) in [7, 11) is 0. The second-order valence-electron chi connectivity index (χ2n) is 8.75. The fraction of sp³-hybridized carbons (Fsp3) is 0.241. The largest absolute Gasteiger partial charge is 0.482 e. The fourth-order valence-electron chi connectivity index (χ4n) is 3.98. The zero-order valence-electron chi connectivity index (χ0n) is 21.2. The predicted octanol–water partition coefficient (Wildman–Crippen LogP) is 4.80. The number of benzene rings is 3. The van der Waals surface area contributed by atoms with Gasteiger partial charge in [0.2, 0.25) is 0 Å². The molecule has 1 aliphatic heterocycles. The van der Waals surface area contributed by atoms with Crippen LogP contribution in [0.4, 0.5) is 11.4 Å². The Morgan fingerprint density at radius 2 is 1.58 bits per heavy atom. The topological polar surface area (TPSA) is 125 Å². The van der Waals surface area contributed by atoms with Crippen LogP contribution in [0.1, 0.15) is 63.3 Å². The van der Waals surface area contributed by atoms with Gasteiger partial charge in [0.05, 0.1) is 11.3 Å². The number of carboxylic acid groups (broad SMARTS) is 1. The number of aromatic carboxylic acids is 1. The maximum absolute atomic E-state index is 13.3. The molecule has 0 unspecified atom stereocenters. The van der Waals surface area contributed by atoms with Crippen molar-refractivity contribution >= 4 is 35.1 Å². The quantitative estimate of drug-likeness (QED) is 0.415. The average molecular weight is 516 g/mol. The first-order valence-corrected chi connectivity index (χ1v) is 12.5. The molecule has 3 N–H and O–H groups in total. The van der Waals surface area contributed by atoms with Gasteiger partial charge in [0.15, 0.2) is 6.61 Å². The molecule has 1 aliphatic carbocycles. The Labute approximate surface area is 220 Å². The molecule has 1 heterocycles. The molecule has 5 rings (SSSR count). The molecule has 0 saturated heterocycles. The molecule has 3 amide bonds. The number of fused-ring (bicyclic) bond motifs is 1. The molecule has 9 nitrogen and oxygen atoms in total. The highest BCUT2D eigenvalue weighted by Crippen LogP contribution is 2.33. The highest BCUT2D eigenvalue weighted by Gasteiger charge is 2.33. The monoisotopic (exact) mass is 515 g/mol. The molecule has 0 atom stereocenters. The molecule has 3 aromatic carbocycles. The van der Waals surface area contributed by atoms with Gasteiger partial charge >= 0.3 is 5.97 Å². The molecule has 0 spiro atoms. The van der Waals surface area contributed by atoms with E-state index in [1.807, 2.05) is 30.9 Å². The molecule has 0 aromatic heterocycles. The number of hydrogen-bond acceptors (Lipinski definition) is 5. The van der Waals surface area contributed by atoms with E-state index in [1.54, 1.807) is 30.3 Å². The van der Waals surface area contributed by atoms with Gasteiger partial charge in [0.25, 0.3) is 17.7 Å². The number of hydrogen-bond donors (Lipinski definition) is 3. The third-order valence-electron chi connectivity index (χ3n) is 6.07. The maximum atomic E-state index is 13.3. The van der Waals surface area contributed by atoms with Crippen LogP contribution in [0.3, 0.4) is 0 Å². The van der Waals surface area contributed by atoms with E-state index in [2.05, 4.69) is 10.6 Å². The lowest BCUT2D eigenvalue weighted by molar-refractivity contribution is -0.118. The van der Waals surface area contributed by atoms with Gasteiger partial charge in [0.1, 0.15) is 5.75 Å². The Kier molecular flexibility index (Phi) is 8.06. The van der Waals surface area contributed by atoms with Gasteiger partial charge in [-0.2, -0.15) is 0 Å². The Morgan fingerprint density at radius 3 is 2.21 bits per heavy atom. The van der Waals surface area contributed by atoms with Crippen LogP contribution in [0.25, 0.3) is 0 Å². The minimum absolute atomic E-state index is 0.0788. The summed E-state index contributed by atoms with van der Waals surface area (Å²) in [6.07, 6.45) is 1.87. The van der Waals surface area contributed by atoms with E-state index in [4.69, 9.17) is 9.84 Å². The predicted molar refractivity (Wildman–Crippen MR) is 143 cm³/mol. The van der Waals surface area contributed by atoms with Gasteiger partial charge in [-0.3, -0.25) is 14.4 Å². The van der Waals surface area contributed by atoms with E-state index in [9.17, 15) is 19.2 Å². The number of nitrogens with one attached hydrogen (secondary N) is 2. The minimum Gasteiger partial charge on any atom is -0.482 e. The third-order valence-corrected chi connectivity index (χ3v) is 6.07. The van der Waals surface area contributed by atoms with Gasteiger partial charge in [-0.1, -0.05) is 26.0 Å². The summed E-state index contributed by atoms with van der Waals surface area (Å²) in [5.41, 5.74) is 3.00. The molecule has 0 bridgehead atoms. The molecule has 9 heteroatoms. The Hall–Kier alpha value is -4.66. The van der Waals surface area contributed by atoms with E-state index < -0.39 is 5.97 Å². The Bertz CT molecular complexity index is 1350. The van der Waals surface area contributed by atoms with Crippen LogP contribution in [-0.4, -0.2) is 46.3 Å². The smallest absolute Gasteiger partial charge is 0.335 e. The molecule has 0 radical (unpaired) electrons. The van der Waals surface area contributed by atoms with Crippen molar-refractivity contribution in [2.75, 3.05) is 17.2 Å². The van der Waals surface area contributed by atoms with Crippen molar-refractivity contribution < 1.29 is 29.0 Å². The number of rotatable bonds is 7. The van der Waals surface area contributed by atoms with E-state index in [0.717, 1.165) is 18.4 Å². The van der Waals surface area contributed by atoms with E-state index in [1.165, 1.54) is 24.3 Å². The summed E-state index contributed by atoms with van der Waals surface area (Å²) in [5, 5.41) is 14.5. The van der Waals surface area contributed by atoms with Crippen LogP contribution >= 0.6 is 0 Å². The lowest BCUT2D eigenvalue weighted by Crippen LogP contribution is -2.33. The number of carbonyl (C=O) groups is 4. The van der Waals surface area contributed by atoms with Crippen molar-refractivity contribution in [1.82, 2.24) is 4.90 Å². The van der Waals surface area contributed by atoms with Crippen molar-refractivity contribution in [3.8, 4) is 5.75 Å². The SMILES string of the molecule is CC.O=C1COc2cc(C(=O)N(Cc3ccc(C(=O)Nc4ccc(C(=O)O)cc4)cc3)C3CC3)ccc2N1. The average Bonchev–Trinajstić information content (AvgIpc) is 3.78. The highest BCUT2D eigenvalue weighted by atomic mass is 16.5. The molecular weight excluding hydrogens is 486 g/mol. The van der Waals surface area contributed by atoms with Crippen LogP contribution in [0.2, 0.25) is 0 Å². The van der Waals surface area contributed by atoms with Crippen LogP contribution in [-0.2, 0) is 11.3 Å². The molecule has 196 valence electrons. The molecule has 38 heavy (non-hydrogen) atoms. The number of nitrogens with zero attached hydrogens (tertiary/aromatic N) is 1. The molecule has 1 fully saturated rings. The summed E-state index contributed by atoms with van der Waals surface area (Å²) >= 11 is 0. The van der Waals surface area contributed by atoms with Crippen molar-refractivity contribution in [3.63, 3.8) is 0 Å². The standard InChI is InChI=1S/C27H23N3O6.C2H6/c31-24-15-36-23-13-19(7-12-22(23)29-24)26(33)30(21-10-11-21)14-16-1-3-17(4-2-16)25(32)28-20-8-5-18(6-9-20)27(34)35;1-2/h1-9,12-13,21H,10-11,14-15H2,(H,28,32)(H,29,31)(H,34,35);1-2H3. The molecule has 2 aliphatic rings. The highest BCUT2D eigenvalue weighted by molar-refractivity contribution is 6.04. The third kappa shape index (κ3) is 6.18. The summed E-state index contributed by atoms with van der Waals surface area (Å²) in [5.74, 6) is -1.22. The normalized spacial score (nSPS) is 13.6. The first-order chi connectivity index (χ1) is 18.4. The first kappa shape index (κ1) is 26.4. The maximum Gasteiger partial charge on any atom is 0.335 e. The van der Waals surface area contributed by atoms with Gasteiger partial charge in [-0.05, 0) is 73.0 Å². The lowest BCUT2D eigenvalue weighted by atomic mass is 10.1. The van der Waals surface area contributed by atoms with Gasteiger partial charge in [-0.25, -0.2) is 4.79 Å². The van der Waals surface area contributed by atoms with Crippen LogP contribution in [0.15, 0.2) is 66.7 Å². The van der Waals surface area contributed by atoms with Gasteiger partial charge in [-0.15, -0.1) is 0 Å². The number of anilines is 2. The zero-order valence-corrected chi connectivity index (χ0v) is 21.2. The van der Waals surface area contributed by atoms with Crippen molar-refractivity contribution in [1.29, 1.82) is 0 Å². The van der Waals surface area contributed by atoms with Crippen molar-refractivity contribution in [3.05, 3.63) is 89.0 Å². The van der Waals surface area contributed by atoms with Crippen LogP contribution in [0.5, 0.6) is 5.75 Å². The van der Waals surface area contributed by atoms with E-state index in [0.29, 0.717) is 34.8 Å². The van der Waals surface area contributed by atoms with E-state index in [-0.39, 0.29) is 35.9 Å². The lowest BCUT2D eigenvalue weighted by Gasteiger charge is -2.24. The molecular formula is C29H29N3O6. The van der Waals surface area contributed by atoms with E-state index >= 15 is 0 Å². The Morgan fingerprint density at radius 1 is 0.947 bits per heavy atom. The second-order valence-corrected chi connectivity index (χ2v) is 8.75. The Balaban J connectivity index is 0.00000164. The minimum atomic E-state index is -1.03. The zero-order chi connectivity index (χ0) is 27.2. The summed E-state index contributed by atoms with van der Waals surface area (Å²) in [6.45, 7) is 4.32. The first-order valence-electron chi connectivity index (χ1n) is 12.5. The summed E-state index contributed by atoms with van der Waals surface area (Å²) in [4.78, 5) is 50.2. The van der Waals surface area contributed by atoms with Crippen LogP contribution in [0, 0.1) is 0 Å². The fourth-order valence-corrected chi connectivity index (χ4v) is 3.98. The number of amides is 3. The van der Waals surface area contributed by atoms with Crippen LogP contribution < -0.4 is 15.4 Å². The van der Waals surface area contributed by atoms with Gasteiger partial charge in [0, 0.05) is 29.4 Å². The molecule has 3 aromatic rings. The second kappa shape index (κ2) is 11.6.